The number of halogens is 3. The number of hydrogen-bond donors (Lipinski definition) is 1. The summed E-state index contributed by atoms with van der Waals surface area (Å²) in [5.41, 5.74) is 2.19. The van der Waals surface area contributed by atoms with E-state index in [1.165, 1.54) is 0 Å². The Labute approximate surface area is 115 Å². The first kappa shape index (κ1) is 14.0. The number of aliphatic hydroxyl groups excluding tert-OH is 1. The number of rotatable bonds is 2. The second-order valence-electron chi connectivity index (χ2n) is 4.55. The molecule has 0 fully saturated rings. The molecule has 1 unspecified atom stereocenters. The van der Waals surface area contributed by atoms with E-state index < -0.39 is 17.7 Å². The van der Waals surface area contributed by atoms with E-state index in [1.807, 2.05) is 26.0 Å². The molecule has 0 radical (unpaired) electrons. The highest BCUT2D eigenvalue weighted by Gasteiger charge is 2.19. The van der Waals surface area contributed by atoms with E-state index in [4.69, 9.17) is 11.6 Å². The average Bonchev–Trinajstić information content (AvgIpc) is 2.36. The number of hydrogen-bond acceptors (Lipinski definition) is 1. The van der Waals surface area contributed by atoms with Crippen LogP contribution in [0.1, 0.15) is 28.4 Å². The first-order valence-corrected chi connectivity index (χ1v) is 6.17. The average molecular weight is 283 g/mol. The zero-order valence-corrected chi connectivity index (χ0v) is 11.3. The molecular formula is C15H13ClF2O. The molecule has 0 aromatic heterocycles. The van der Waals surface area contributed by atoms with Crippen molar-refractivity contribution in [3.8, 4) is 0 Å². The maximum absolute atomic E-state index is 13.8. The molecular weight excluding hydrogens is 270 g/mol. The molecule has 0 aliphatic rings. The van der Waals surface area contributed by atoms with E-state index in [2.05, 4.69) is 0 Å². The van der Waals surface area contributed by atoms with Gasteiger partial charge in [-0.2, -0.15) is 0 Å². The summed E-state index contributed by atoms with van der Waals surface area (Å²) in [6.07, 6.45) is -1.22. The summed E-state index contributed by atoms with van der Waals surface area (Å²) in [4.78, 5) is 0. The van der Waals surface area contributed by atoms with E-state index in [9.17, 15) is 13.9 Å². The van der Waals surface area contributed by atoms with Crippen LogP contribution < -0.4 is 0 Å². The van der Waals surface area contributed by atoms with Gasteiger partial charge in [0.15, 0.2) is 0 Å². The highest BCUT2D eigenvalue weighted by molar-refractivity contribution is 6.30. The van der Waals surface area contributed by atoms with Crippen LogP contribution in [0, 0.1) is 25.5 Å². The lowest BCUT2D eigenvalue weighted by Gasteiger charge is -2.16. The minimum absolute atomic E-state index is 0.115. The Morgan fingerprint density at radius 1 is 1.00 bits per heavy atom. The number of aryl methyl sites for hydroxylation is 2. The lowest BCUT2D eigenvalue weighted by atomic mass is 9.95. The van der Waals surface area contributed by atoms with E-state index >= 15 is 0 Å². The normalized spacial score (nSPS) is 12.5. The fourth-order valence-corrected chi connectivity index (χ4v) is 2.12. The van der Waals surface area contributed by atoms with Gasteiger partial charge >= 0.3 is 0 Å². The van der Waals surface area contributed by atoms with Crippen molar-refractivity contribution < 1.29 is 13.9 Å². The van der Waals surface area contributed by atoms with Gasteiger partial charge < -0.3 is 5.11 Å². The molecule has 0 aliphatic heterocycles. The molecule has 1 N–H and O–H groups in total. The predicted octanol–water partition coefficient (Wildman–Crippen LogP) is 4.32. The molecule has 19 heavy (non-hydrogen) atoms. The van der Waals surface area contributed by atoms with Gasteiger partial charge in [-0.1, -0.05) is 35.4 Å². The maximum atomic E-state index is 13.8. The second-order valence-corrected chi connectivity index (χ2v) is 4.96. The van der Waals surface area contributed by atoms with Crippen molar-refractivity contribution in [1.82, 2.24) is 0 Å². The third kappa shape index (κ3) is 2.77. The van der Waals surface area contributed by atoms with Crippen molar-refractivity contribution in [2.75, 3.05) is 0 Å². The van der Waals surface area contributed by atoms with Crippen molar-refractivity contribution in [2.24, 2.45) is 0 Å². The van der Waals surface area contributed by atoms with Crippen LogP contribution >= 0.6 is 11.6 Å². The molecule has 0 saturated heterocycles. The fraction of sp³-hybridized carbons (Fsp3) is 0.200. The van der Waals surface area contributed by atoms with E-state index in [0.29, 0.717) is 5.56 Å². The molecule has 0 amide bonds. The molecule has 0 aliphatic carbocycles. The standard InChI is InChI=1S/C15H13ClF2O/c1-8-3-4-9(2)10(5-8)15(19)11-6-14(18)12(16)7-13(11)17/h3-7,15,19H,1-2H3. The van der Waals surface area contributed by atoms with Gasteiger partial charge in [-0.15, -0.1) is 0 Å². The predicted molar refractivity (Wildman–Crippen MR) is 71.3 cm³/mol. The second kappa shape index (κ2) is 5.27. The van der Waals surface area contributed by atoms with Crippen molar-refractivity contribution in [3.63, 3.8) is 0 Å². The van der Waals surface area contributed by atoms with Crippen LogP contribution in [-0.4, -0.2) is 5.11 Å². The Balaban J connectivity index is 2.52. The molecule has 2 aromatic carbocycles. The summed E-state index contributed by atoms with van der Waals surface area (Å²) >= 11 is 5.50. The highest BCUT2D eigenvalue weighted by Crippen LogP contribution is 2.30. The van der Waals surface area contributed by atoms with Crippen molar-refractivity contribution in [2.45, 2.75) is 20.0 Å². The van der Waals surface area contributed by atoms with E-state index in [-0.39, 0.29) is 10.6 Å². The van der Waals surface area contributed by atoms with Gasteiger partial charge in [0.25, 0.3) is 0 Å². The Morgan fingerprint density at radius 3 is 2.37 bits per heavy atom. The first-order valence-electron chi connectivity index (χ1n) is 5.80. The molecule has 4 heteroatoms. The van der Waals surface area contributed by atoms with Crippen LogP contribution in [0.15, 0.2) is 30.3 Å². The molecule has 0 heterocycles. The highest BCUT2D eigenvalue weighted by atomic mass is 35.5. The minimum atomic E-state index is -1.22. The van der Waals surface area contributed by atoms with Crippen LogP contribution in [0.4, 0.5) is 8.78 Å². The Morgan fingerprint density at radius 2 is 1.68 bits per heavy atom. The minimum Gasteiger partial charge on any atom is -0.384 e. The lowest BCUT2D eigenvalue weighted by Crippen LogP contribution is -2.06. The first-order chi connectivity index (χ1) is 8.90. The molecule has 0 bridgehead atoms. The quantitative estimate of drug-likeness (QED) is 0.814. The third-order valence-electron chi connectivity index (χ3n) is 3.06. The smallest absolute Gasteiger partial charge is 0.142 e. The van der Waals surface area contributed by atoms with Crippen LogP contribution in [0.2, 0.25) is 5.02 Å². The maximum Gasteiger partial charge on any atom is 0.142 e. The van der Waals surface area contributed by atoms with Crippen LogP contribution in [0.3, 0.4) is 0 Å². The molecule has 1 atom stereocenters. The number of benzene rings is 2. The van der Waals surface area contributed by atoms with Crippen molar-refractivity contribution >= 4 is 11.6 Å². The van der Waals surface area contributed by atoms with Crippen molar-refractivity contribution in [3.05, 3.63) is 69.2 Å². The monoisotopic (exact) mass is 282 g/mol. The molecule has 2 rings (SSSR count). The van der Waals surface area contributed by atoms with Gasteiger partial charge in [0.05, 0.1) is 5.02 Å². The van der Waals surface area contributed by atoms with Gasteiger partial charge in [0, 0.05) is 5.56 Å². The summed E-state index contributed by atoms with van der Waals surface area (Å²) < 4.78 is 27.2. The topological polar surface area (TPSA) is 20.2 Å². The third-order valence-corrected chi connectivity index (χ3v) is 3.35. The molecule has 0 spiro atoms. The van der Waals surface area contributed by atoms with Gasteiger partial charge in [-0.05, 0) is 37.1 Å². The number of aliphatic hydroxyl groups is 1. The molecule has 2 aromatic rings. The lowest BCUT2D eigenvalue weighted by molar-refractivity contribution is 0.213. The van der Waals surface area contributed by atoms with E-state index in [0.717, 1.165) is 23.3 Å². The van der Waals surface area contributed by atoms with Gasteiger partial charge in [-0.3, -0.25) is 0 Å². The van der Waals surface area contributed by atoms with E-state index in [1.54, 1.807) is 6.07 Å². The summed E-state index contributed by atoms with van der Waals surface area (Å²) in [7, 11) is 0. The van der Waals surface area contributed by atoms with Gasteiger partial charge in [0.1, 0.15) is 17.7 Å². The van der Waals surface area contributed by atoms with Gasteiger partial charge in [0.2, 0.25) is 0 Å². The zero-order valence-electron chi connectivity index (χ0n) is 10.5. The SMILES string of the molecule is Cc1ccc(C)c(C(O)c2cc(F)c(Cl)cc2F)c1. The Hall–Kier alpha value is -1.45. The summed E-state index contributed by atoms with van der Waals surface area (Å²) in [5, 5.41) is 9.95. The summed E-state index contributed by atoms with van der Waals surface area (Å²) in [5.74, 6) is -1.47. The zero-order chi connectivity index (χ0) is 14.2. The summed E-state index contributed by atoms with van der Waals surface area (Å²) in [6.45, 7) is 3.68. The largest absolute Gasteiger partial charge is 0.384 e. The van der Waals surface area contributed by atoms with Crippen molar-refractivity contribution in [1.29, 1.82) is 0 Å². The molecule has 0 saturated carbocycles. The summed E-state index contributed by atoms with van der Waals surface area (Å²) in [6, 6.07) is 7.29. The van der Waals surface area contributed by atoms with Crippen LogP contribution in [-0.2, 0) is 0 Å². The van der Waals surface area contributed by atoms with Gasteiger partial charge in [-0.25, -0.2) is 8.78 Å². The Bertz CT molecular complexity index is 626. The Kier molecular flexibility index (Phi) is 3.88. The van der Waals surface area contributed by atoms with Crippen LogP contribution in [0.5, 0.6) is 0 Å². The van der Waals surface area contributed by atoms with Crippen LogP contribution in [0.25, 0.3) is 0 Å². The molecule has 1 nitrogen and oxygen atoms in total. The molecule has 100 valence electrons. The fourth-order valence-electron chi connectivity index (χ4n) is 1.97.